The van der Waals surface area contributed by atoms with Crippen LogP contribution >= 0.6 is 0 Å². The molecular formula is C34H51NO7. The van der Waals surface area contributed by atoms with Gasteiger partial charge in [-0.1, -0.05) is 27.7 Å². The zero-order chi connectivity index (χ0) is 30.7. The van der Waals surface area contributed by atoms with Crippen LogP contribution in [0.1, 0.15) is 118 Å². The van der Waals surface area contributed by atoms with Crippen LogP contribution < -0.4 is 10.9 Å². The SMILES string of the molecule is CC(C)C(NC(=O)OC(C)(C)C)C(=O)O[C@H]1CC[C@@]2(C)[C@H](CC[C@@H]3[C@@H]2CC[C@]2(C)[C@@H](c4ccc(=O)oc4)CC[C@]32O)C1. The number of nitrogens with one attached hydrogen (secondary N) is 1. The fourth-order valence-electron chi connectivity index (χ4n) is 9.56. The largest absolute Gasteiger partial charge is 0.461 e. The van der Waals surface area contributed by atoms with Crippen molar-refractivity contribution in [3.63, 3.8) is 0 Å². The second-order valence-electron chi connectivity index (χ2n) is 15.6. The number of amides is 1. The molecule has 42 heavy (non-hydrogen) atoms. The predicted octanol–water partition coefficient (Wildman–Crippen LogP) is 6.34. The van der Waals surface area contributed by atoms with Gasteiger partial charge in [-0.05, 0) is 125 Å². The quantitative estimate of drug-likeness (QED) is 0.387. The van der Waals surface area contributed by atoms with E-state index in [0.29, 0.717) is 11.8 Å². The van der Waals surface area contributed by atoms with E-state index in [9.17, 15) is 19.5 Å². The number of carbonyl (C=O) groups excluding carboxylic acids is 2. The van der Waals surface area contributed by atoms with E-state index in [1.165, 1.54) is 6.07 Å². The van der Waals surface area contributed by atoms with Crippen molar-refractivity contribution < 1.29 is 28.6 Å². The normalized spacial score (nSPS) is 38.5. The summed E-state index contributed by atoms with van der Waals surface area (Å²) in [7, 11) is 0. The van der Waals surface area contributed by atoms with Crippen molar-refractivity contribution in [3.8, 4) is 0 Å². The predicted molar refractivity (Wildman–Crippen MR) is 159 cm³/mol. The number of esters is 1. The van der Waals surface area contributed by atoms with Gasteiger partial charge in [-0.2, -0.15) is 0 Å². The van der Waals surface area contributed by atoms with E-state index >= 15 is 0 Å². The fraction of sp³-hybridized carbons (Fsp3) is 0.794. The third kappa shape index (κ3) is 5.41. The minimum atomic E-state index is -0.762. The highest BCUT2D eigenvalue weighted by Gasteiger charge is 2.67. The van der Waals surface area contributed by atoms with Crippen molar-refractivity contribution in [2.24, 2.45) is 34.5 Å². The molecule has 8 nitrogen and oxygen atoms in total. The molecule has 1 amide bonds. The highest BCUT2D eigenvalue weighted by molar-refractivity contribution is 5.81. The van der Waals surface area contributed by atoms with Gasteiger partial charge in [-0.25, -0.2) is 14.4 Å². The van der Waals surface area contributed by atoms with Gasteiger partial charge in [0.2, 0.25) is 0 Å². The lowest BCUT2D eigenvalue weighted by Gasteiger charge is -2.63. The molecule has 4 aliphatic rings. The first-order valence-electron chi connectivity index (χ1n) is 16.1. The molecule has 2 N–H and O–H groups in total. The molecule has 8 heteroatoms. The number of hydrogen-bond acceptors (Lipinski definition) is 7. The van der Waals surface area contributed by atoms with Gasteiger partial charge < -0.3 is 24.3 Å². The molecular weight excluding hydrogens is 534 g/mol. The second kappa shape index (κ2) is 11.0. The Balaban J connectivity index is 1.26. The first kappa shape index (κ1) is 31.1. The van der Waals surface area contributed by atoms with Crippen molar-refractivity contribution in [1.82, 2.24) is 5.32 Å². The number of aliphatic hydroxyl groups is 1. The molecule has 5 rings (SSSR count). The Morgan fingerprint density at radius 2 is 1.76 bits per heavy atom. The Morgan fingerprint density at radius 3 is 2.40 bits per heavy atom. The summed E-state index contributed by atoms with van der Waals surface area (Å²) < 4.78 is 16.7. The number of carbonyl (C=O) groups is 2. The standard InChI is InChI=1S/C34H51NO7/c1-20(2)28(35-30(38)42-31(3,4)5)29(37)41-23-12-15-32(6)22(18-23)9-10-26-25(32)13-16-33(7)24(14-17-34(26,33)39)21-8-11-27(36)40-19-21/h8,11,19-20,22-26,28,39H,9-10,12-18H2,1-7H3,(H,35,38)/t22-,23+,24-,25+,26-,28?,32+,33-,34+/m1/s1. The van der Waals surface area contributed by atoms with E-state index in [0.717, 1.165) is 63.4 Å². The van der Waals surface area contributed by atoms with E-state index in [1.807, 2.05) is 19.9 Å². The third-order valence-electron chi connectivity index (χ3n) is 11.8. The third-order valence-corrected chi connectivity index (χ3v) is 11.8. The Labute approximate surface area is 250 Å². The van der Waals surface area contributed by atoms with Crippen LogP contribution in [0.15, 0.2) is 27.6 Å². The number of fused-ring (bicyclic) bond motifs is 5. The van der Waals surface area contributed by atoms with Gasteiger partial charge in [0.1, 0.15) is 17.7 Å². The Hall–Kier alpha value is -2.35. The molecule has 0 radical (unpaired) electrons. The summed E-state index contributed by atoms with van der Waals surface area (Å²) in [6.45, 7) is 13.8. The minimum Gasteiger partial charge on any atom is -0.461 e. The molecule has 1 aromatic heterocycles. The number of alkyl carbamates (subject to hydrolysis) is 1. The van der Waals surface area contributed by atoms with Gasteiger partial charge in [0.05, 0.1) is 11.9 Å². The summed E-state index contributed by atoms with van der Waals surface area (Å²) in [5.41, 5.74) is -0.873. The molecule has 0 spiro atoms. The van der Waals surface area contributed by atoms with Crippen molar-refractivity contribution in [1.29, 1.82) is 0 Å². The number of rotatable bonds is 5. The molecule has 0 aromatic carbocycles. The van der Waals surface area contributed by atoms with E-state index < -0.39 is 29.3 Å². The lowest BCUT2D eigenvalue weighted by molar-refractivity contribution is -0.207. The fourth-order valence-corrected chi connectivity index (χ4v) is 9.56. The van der Waals surface area contributed by atoms with Crippen LogP contribution in [0.25, 0.3) is 0 Å². The van der Waals surface area contributed by atoms with Crippen LogP contribution in [-0.4, -0.2) is 40.5 Å². The molecule has 0 aliphatic heterocycles. The Bertz CT molecular complexity index is 1210. The van der Waals surface area contributed by atoms with Gasteiger partial charge >= 0.3 is 17.7 Å². The van der Waals surface area contributed by atoms with Crippen molar-refractivity contribution in [2.45, 2.75) is 136 Å². The lowest BCUT2D eigenvalue weighted by Crippen LogP contribution is -2.62. The average molecular weight is 586 g/mol. The van der Waals surface area contributed by atoms with E-state index in [-0.39, 0.29) is 40.3 Å². The van der Waals surface area contributed by atoms with Crippen LogP contribution in [-0.2, 0) is 14.3 Å². The topological polar surface area (TPSA) is 115 Å². The van der Waals surface area contributed by atoms with Crippen LogP contribution in [0.4, 0.5) is 4.79 Å². The number of hydrogen-bond donors (Lipinski definition) is 2. The molecule has 1 aromatic rings. The molecule has 4 fully saturated rings. The van der Waals surface area contributed by atoms with Gasteiger partial charge in [0.15, 0.2) is 0 Å². The monoisotopic (exact) mass is 585 g/mol. The highest BCUT2D eigenvalue weighted by Crippen LogP contribution is 2.70. The van der Waals surface area contributed by atoms with Gasteiger partial charge in [-0.3, -0.25) is 0 Å². The maximum absolute atomic E-state index is 13.2. The molecule has 234 valence electrons. The summed E-state index contributed by atoms with van der Waals surface area (Å²) in [5.74, 6) is 0.742. The van der Waals surface area contributed by atoms with Crippen molar-refractivity contribution in [2.75, 3.05) is 0 Å². The first-order valence-corrected chi connectivity index (χ1v) is 16.1. The smallest absolute Gasteiger partial charge is 0.408 e. The van der Waals surface area contributed by atoms with Crippen LogP contribution in [0.3, 0.4) is 0 Å². The maximum atomic E-state index is 13.2. The van der Waals surface area contributed by atoms with E-state index in [2.05, 4.69) is 19.2 Å². The summed E-state index contributed by atoms with van der Waals surface area (Å²) >= 11 is 0. The average Bonchev–Trinajstić information content (AvgIpc) is 3.18. The molecule has 4 aliphatic carbocycles. The second-order valence-corrected chi connectivity index (χ2v) is 15.6. The summed E-state index contributed by atoms with van der Waals surface area (Å²) in [4.78, 5) is 37.2. The molecule has 0 saturated heterocycles. The van der Waals surface area contributed by atoms with E-state index in [1.54, 1.807) is 27.0 Å². The van der Waals surface area contributed by atoms with Crippen LogP contribution in [0.5, 0.6) is 0 Å². The maximum Gasteiger partial charge on any atom is 0.408 e. The highest BCUT2D eigenvalue weighted by atomic mass is 16.6. The molecule has 9 atom stereocenters. The zero-order valence-corrected chi connectivity index (χ0v) is 26.5. The number of ether oxygens (including phenoxy) is 2. The van der Waals surface area contributed by atoms with Crippen molar-refractivity contribution in [3.05, 3.63) is 34.4 Å². The minimum absolute atomic E-state index is 0.0900. The summed E-state index contributed by atoms with van der Waals surface area (Å²) in [6, 6.07) is 2.62. The Kier molecular flexibility index (Phi) is 8.12. The molecule has 0 bridgehead atoms. The Morgan fingerprint density at radius 1 is 1.02 bits per heavy atom. The summed E-state index contributed by atoms with van der Waals surface area (Å²) in [5, 5.41) is 15.2. The lowest BCUT2D eigenvalue weighted by atomic mass is 9.43. The molecule has 4 saturated carbocycles. The van der Waals surface area contributed by atoms with Gasteiger partial charge in [-0.15, -0.1) is 0 Å². The van der Waals surface area contributed by atoms with Crippen LogP contribution in [0, 0.1) is 34.5 Å². The van der Waals surface area contributed by atoms with E-state index in [4.69, 9.17) is 13.9 Å². The zero-order valence-electron chi connectivity index (χ0n) is 26.5. The van der Waals surface area contributed by atoms with Crippen LogP contribution in [0.2, 0.25) is 0 Å². The first-order chi connectivity index (χ1) is 19.6. The van der Waals surface area contributed by atoms with Gasteiger partial charge in [0.25, 0.3) is 0 Å². The molecule has 1 unspecified atom stereocenters. The van der Waals surface area contributed by atoms with Gasteiger partial charge in [0, 0.05) is 11.5 Å². The molecule has 1 heterocycles. The van der Waals surface area contributed by atoms with Crippen molar-refractivity contribution >= 4 is 12.1 Å². The summed E-state index contributed by atoms with van der Waals surface area (Å²) in [6.07, 6.45) is 9.08.